The van der Waals surface area contributed by atoms with Gasteiger partial charge in [-0.15, -0.1) is 11.3 Å². The topological polar surface area (TPSA) is 33.2 Å². The molecule has 0 aliphatic heterocycles. The lowest BCUT2D eigenvalue weighted by Gasteiger charge is -2.27. The van der Waals surface area contributed by atoms with Crippen molar-refractivity contribution in [1.82, 2.24) is 9.88 Å². The van der Waals surface area contributed by atoms with Crippen molar-refractivity contribution in [1.29, 1.82) is 0 Å². The summed E-state index contributed by atoms with van der Waals surface area (Å²) in [6.45, 7) is 4.51. The number of rotatable bonds is 6. The Bertz CT molecular complexity index is 891. The van der Waals surface area contributed by atoms with E-state index in [-0.39, 0.29) is 11.9 Å². The summed E-state index contributed by atoms with van der Waals surface area (Å²) in [5, 5.41) is 8.02. The highest BCUT2D eigenvalue weighted by molar-refractivity contribution is 7.14. The molecule has 0 unspecified atom stereocenters. The van der Waals surface area contributed by atoms with E-state index in [2.05, 4.69) is 10.4 Å². The van der Waals surface area contributed by atoms with Gasteiger partial charge in [0.2, 0.25) is 5.91 Å². The Morgan fingerprint density at radius 1 is 1.19 bits per heavy atom. The molecular weight excluding hydrogens is 407 g/mol. The molecule has 0 fully saturated rings. The fourth-order valence-corrected chi connectivity index (χ4v) is 4.41. The molecule has 0 atom stereocenters. The average Bonchev–Trinajstić information content (AvgIpc) is 3.26. The fraction of sp³-hybridized carbons (Fsp3) is 0.263. The van der Waals surface area contributed by atoms with Gasteiger partial charge in [0.15, 0.2) is 0 Å². The lowest BCUT2D eigenvalue weighted by Crippen LogP contribution is -2.37. The van der Waals surface area contributed by atoms with Gasteiger partial charge in [-0.3, -0.25) is 4.79 Å². The lowest BCUT2D eigenvalue weighted by molar-refractivity contribution is -0.132. The third-order valence-electron chi connectivity index (χ3n) is 3.93. The van der Waals surface area contributed by atoms with Crippen molar-refractivity contribution in [3.8, 4) is 10.6 Å². The Kier molecular flexibility index (Phi) is 6.35. The third-order valence-corrected chi connectivity index (χ3v) is 6.30. The van der Waals surface area contributed by atoms with E-state index in [1.807, 2.05) is 47.7 Å². The predicted octanol–water partition coefficient (Wildman–Crippen LogP) is 6.16. The zero-order chi connectivity index (χ0) is 18.7. The van der Waals surface area contributed by atoms with Gasteiger partial charge in [-0.25, -0.2) is 4.98 Å². The second kappa shape index (κ2) is 8.53. The number of benzene rings is 1. The number of amides is 1. The lowest BCUT2D eigenvalue weighted by atomic mass is 10.1. The molecule has 3 nitrogen and oxygen atoms in total. The fourth-order valence-electron chi connectivity index (χ4n) is 2.56. The van der Waals surface area contributed by atoms with Crippen LogP contribution in [0.2, 0.25) is 10.0 Å². The van der Waals surface area contributed by atoms with Gasteiger partial charge >= 0.3 is 0 Å². The van der Waals surface area contributed by atoms with Crippen LogP contribution < -0.4 is 0 Å². The van der Waals surface area contributed by atoms with Crippen molar-refractivity contribution in [3.05, 3.63) is 61.7 Å². The van der Waals surface area contributed by atoms with Gasteiger partial charge in [0.25, 0.3) is 0 Å². The summed E-state index contributed by atoms with van der Waals surface area (Å²) in [6, 6.07) is 7.58. The first-order valence-electron chi connectivity index (χ1n) is 8.14. The predicted molar refractivity (Wildman–Crippen MR) is 111 cm³/mol. The largest absolute Gasteiger partial charge is 0.336 e. The number of aromatic nitrogens is 1. The standard InChI is InChI=1S/C19H18Cl2N2OS2/c1-12(2)23(9-13-3-4-16(20)17(21)7-13)18(24)8-15-11-26-19(22-15)14-5-6-25-10-14/h3-7,10-12H,8-9H2,1-2H3. The van der Waals surface area contributed by atoms with Crippen LogP contribution in [0.25, 0.3) is 10.6 Å². The first-order valence-corrected chi connectivity index (χ1v) is 10.7. The van der Waals surface area contributed by atoms with Gasteiger partial charge in [-0.05, 0) is 43.0 Å². The van der Waals surface area contributed by atoms with E-state index in [9.17, 15) is 4.79 Å². The maximum absolute atomic E-state index is 12.8. The van der Waals surface area contributed by atoms with E-state index in [1.54, 1.807) is 28.7 Å². The Morgan fingerprint density at radius 3 is 2.65 bits per heavy atom. The molecule has 1 amide bonds. The zero-order valence-corrected chi connectivity index (χ0v) is 17.6. The minimum atomic E-state index is 0.0493. The summed E-state index contributed by atoms with van der Waals surface area (Å²) >= 11 is 15.3. The number of carbonyl (C=O) groups is 1. The third kappa shape index (κ3) is 4.65. The van der Waals surface area contributed by atoms with Crippen LogP contribution in [-0.4, -0.2) is 21.8 Å². The minimum Gasteiger partial charge on any atom is -0.336 e. The highest BCUT2D eigenvalue weighted by atomic mass is 35.5. The Labute approximate surface area is 171 Å². The molecule has 0 spiro atoms. The van der Waals surface area contributed by atoms with Gasteiger partial charge in [0.05, 0.1) is 22.2 Å². The molecule has 2 heterocycles. The van der Waals surface area contributed by atoms with E-state index in [4.69, 9.17) is 23.2 Å². The Hall–Kier alpha value is -1.40. The van der Waals surface area contributed by atoms with E-state index in [0.717, 1.165) is 21.8 Å². The molecule has 7 heteroatoms. The van der Waals surface area contributed by atoms with Crippen LogP contribution in [-0.2, 0) is 17.8 Å². The molecule has 3 rings (SSSR count). The van der Waals surface area contributed by atoms with Crippen LogP contribution in [0.15, 0.2) is 40.4 Å². The average molecular weight is 425 g/mol. The summed E-state index contributed by atoms with van der Waals surface area (Å²) in [4.78, 5) is 19.3. The first-order chi connectivity index (χ1) is 12.4. The molecule has 2 aromatic heterocycles. The number of nitrogens with zero attached hydrogens (tertiary/aromatic N) is 2. The quantitative estimate of drug-likeness (QED) is 0.474. The SMILES string of the molecule is CC(C)N(Cc1ccc(Cl)c(Cl)c1)C(=O)Cc1csc(-c2ccsc2)n1. The van der Waals surface area contributed by atoms with Crippen LogP contribution in [0, 0.1) is 0 Å². The summed E-state index contributed by atoms with van der Waals surface area (Å²) in [6.07, 6.45) is 0.292. The second-order valence-corrected chi connectivity index (χ2v) is 8.65. The van der Waals surface area contributed by atoms with E-state index < -0.39 is 0 Å². The molecule has 0 aliphatic rings. The summed E-state index contributed by atoms with van der Waals surface area (Å²) in [7, 11) is 0. The molecule has 0 saturated heterocycles. The molecule has 26 heavy (non-hydrogen) atoms. The van der Waals surface area contributed by atoms with Crippen molar-refractivity contribution in [2.45, 2.75) is 32.9 Å². The molecular formula is C19H18Cl2N2OS2. The van der Waals surface area contributed by atoms with Crippen molar-refractivity contribution < 1.29 is 4.79 Å². The number of carbonyl (C=O) groups excluding carboxylic acids is 1. The highest BCUT2D eigenvalue weighted by Crippen LogP contribution is 2.27. The number of halogens is 2. The Balaban J connectivity index is 1.71. The van der Waals surface area contributed by atoms with Crippen LogP contribution in [0.5, 0.6) is 0 Å². The smallest absolute Gasteiger partial charge is 0.229 e. The highest BCUT2D eigenvalue weighted by Gasteiger charge is 2.19. The maximum Gasteiger partial charge on any atom is 0.229 e. The minimum absolute atomic E-state index is 0.0493. The van der Waals surface area contributed by atoms with Crippen molar-refractivity contribution >= 4 is 51.8 Å². The number of thiophene rings is 1. The summed E-state index contributed by atoms with van der Waals surface area (Å²) in [5.41, 5.74) is 2.87. The number of thiazole rings is 1. The van der Waals surface area contributed by atoms with Crippen molar-refractivity contribution in [2.24, 2.45) is 0 Å². The first kappa shape index (κ1) is 19.4. The van der Waals surface area contributed by atoms with E-state index in [0.29, 0.717) is 23.0 Å². The molecule has 0 saturated carbocycles. The number of hydrogen-bond acceptors (Lipinski definition) is 4. The van der Waals surface area contributed by atoms with Gasteiger partial charge in [-0.1, -0.05) is 29.3 Å². The van der Waals surface area contributed by atoms with Gasteiger partial charge in [-0.2, -0.15) is 11.3 Å². The maximum atomic E-state index is 12.8. The normalized spacial score (nSPS) is 11.1. The van der Waals surface area contributed by atoms with Gasteiger partial charge < -0.3 is 4.90 Å². The second-order valence-electron chi connectivity index (χ2n) is 6.20. The molecule has 0 radical (unpaired) electrons. The van der Waals surface area contributed by atoms with Crippen LogP contribution in [0.4, 0.5) is 0 Å². The van der Waals surface area contributed by atoms with E-state index in [1.165, 1.54) is 0 Å². The van der Waals surface area contributed by atoms with Gasteiger partial charge in [0, 0.05) is 28.9 Å². The van der Waals surface area contributed by atoms with Crippen LogP contribution in [0.3, 0.4) is 0 Å². The van der Waals surface area contributed by atoms with Gasteiger partial charge in [0.1, 0.15) is 5.01 Å². The molecule has 1 aromatic carbocycles. The molecule has 3 aromatic rings. The monoisotopic (exact) mass is 424 g/mol. The van der Waals surface area contributed by atoms with Crippen LogP contribution in [0.1, 0.15) is 25.1 Å². The summed E-state index contributed by atoms with van der Waals surface area (Å²) < 4.78 is 0. The molecule has 136 valence electrons. The van der Waals surface area contributed by atoms with E-state index >= 15 is 0 Å². The molecule has 0 aliphatic carbocycles. The summed E-state index contributed by atoms with van der Waals surface area (Å²) in [5.74, 6) is 0.0493. The molecule has 0 bridgehead atoms. The van der Waals surface area contributed by atoms with Crippen molar-refractivity contribution in [2.75, 3.05) is 0 Å². The molecule has 0 N–H and O–H groups in total. The number of hydrogen-bond donors (Lipinski definition) is 0. The van der Waals surface area contributed by atoms with Crippen LogP contribution >= 0.6 is 45.9 Å². The Morgan fingerprint density at radius 2 is 2.00 bits per heavy atom. The zero-order valence-electron chi connectivity index (χ0n) is 14.4. The van der Waals surface area contributed by atoms with Crippen molar-refractivity contribution in [3.63, 3.8) is 0 Å².